The summed E-state index contributed by atoms with van der Waals surface area (Å²) >= 11 is 1.40. The van der Waals surface area contributed by atoms with Gasteiger partial charge >= 0.3 is 0 Å². The van der Waals surface area contributed by atoms with E-state index in [0.717, 1.165) is 36.3 Å². The van der Waals surface area contributed by atoms with Gasteiger partial charge in [0.15, 0.2) is 0 Å². The average molecular weight is 306 g/mol. The Labute approximate surface area is 129 Å². The van der Waals surface area contributed by atoms with E-state index in [9.17, 15) is 4.79 Å². The lowest BCUT2D eigenvalue weighted by Gasteiger charge is -2.17. The molecule has 0 aliphatic carbocycles. The summed E-state index contributed by atoms with van der Waals surface area (Å²) in [6.07, 6.45) is 2.63. The van der Waals surface area contributed by atoms with Crippen molar-refractivity contribution in [1.29, 1.82) is 0 Å². The normalized spacial score (nSPS) is 11.2. The summed E-state index contributed by atoms with van der Waals surface area (Å²) in [5.74, 6) is -0.102. The van der Waals surface area contributed by atoms with Crippen molar-refractivity contribution in [1.82, 2.24) is 15.2 Å². The Hall–Kier alpha value is -1.66. The van der Waals surface area contributed by atoms with Gasteiger partial charge in [-0.1, -0.05) is 13.8 Å². The number of pyridine rings is 1. The molecule has 0 saturated heterocycles. The maximum absolute atomic E-state index is 12.2. The van der Waals surface area contributed by atoms with Crippen LogP contribution in [0.4, 0.5) is 5.69 Å². The van der Waals surface area contributed by atoms with Crippen LogP contribution in [0.25, 0.3) is 10.2 Å². The van der Waals surface area contributed by atoms with Gasteiger partial charge in [-0.3, -0.25) is 9.78 Å². The number of nitrogen functional groups attached to an aromatic ring is 1. The molecule has 0 atom stereocenters. The maximum atomic E-state index is 12.2. The van der Waals surface area contributed by atoms with Crippen LogP contribution < -0.4 is 11.1 Å². The Morgan fingerprint density at radius 1 is 1.43 bits per heavy atom. The highest BCUT2D eigenvalue weighted by atomic mass is 32.1. The fourth-order valence-electron chi connectivity index (χ4n) is 2.24. The number of thiophene rings is 1. The van der Waals surface area contributed by atoms with E-state index in [0.29, 0.717) is 17.1 Å². The maximum Gasteiger partial charge on any atom is 0.263 e. The predicted molar refractivity (Wildman–Crippen MR) is 88.8 cm³/mol. The Bertz CT molecular complexity index is 607. The van der Waals surface area contributed by atoms with Crippen molar-refractivity contribution in [3.8, 4) is 0 Å². The summed E-state index contributed by atoms with van der Waals surface area (Å²) in [6, 6.07) is 3.78. The van der Waals surface area contributed by atoms with Gasteiger partial charge in [-0.05, 0) is 38.2 Å². The van der Waals surface area contributed by atoms with Crippen LogP contribution in [-0.4, -0.2) is 42.0 Å². The van der Waals surface area contributed by atoms with Gasteiger partial charge in [0.1, 0.15) is 10.4 Å². The zero-order valence-corrected chi connectivity index (χ0v) is 13.4. The first kappa shape index (κ1) is 15.7. The van der Waals surface area contributed by atoms with Gasteiger partial charge in [-0.2, -0.15) is 0 Å². The molecule has 21 heavy (non-hydrogen) atoms. The number of fused-ring (bicyclic) bond motifs is 1. The predicted octanol–water partition coefficient (Wildman–Crippen LogP) is 2.34. The molecule has 6 heteroatoms. The number of amides is 1. The monoisotopic (exact) mass is 306 g/mol. The first-order valence-electron chi connectivity index (χ1n) is 7.30. The van der Waals surface area contributed by atoms with E-state index in [1.54, 1.807) is 6.20 Å². The molecule has 0 spiro atoms. The highest BCUT2D eigenvalue weighted by Gasteiger charge is 2.16. The minimum Gasteiger partial charge on any atom is -0.396 e. The van der Waals surface area contributed by atoms with Crippen molar-refractivity contribution in [2.24, 2.45) is 0 Å². The molecule has 0 fully saturated rings. The molecular formula is C15H22N4OS. The zero-order chi connectivity index (χ0) is 15.2. The Kier molecular flexibility index (Phi) is 5.52. The number of nitrogens with one attached hydrogen (secondary N) is 1. The van der Waals surface area contributed by atoms with Crippen LogP contribution in [0.15, 0.2) is 18.3 Å². The lowest BCUT2D eigenvalue weighted by atomic mass is 10.3. The number of nitrogens with zero attached hydrogens (tertiary/aromatic N) is 2. The molecular weight excluding hydrogens is 284 g/mol. The third-order valence-corrected chi connectivity index (χ3v) is 4.68. The minimum absolute atomic E-state index is 0.102. The second-order valence-electron chi connectivity index (χ2n) is 4.83. The summed E-state index contributed by atoms with van der Waals surface area (Å²) in [7, 11) is 0. The van der Waals surface area contributed by atoms with Crippen LogP contribution in [0.3, 0.4) is 0 Å². The highest BCUT2D eigenvalue weighted by molar-refractivity contribution is 7.21. The largest absolute Gasteiger partial charge is 0.396 e. The quantitative estimate of drug-likeness (QED) is 0.770. The van der Waals surface area contributed by atoms with E-state index in [1.165, 1.54) is 11.3 Å². The smallest absolute Gasteiger partial charge is 0.263 e. The second kappa shape index (κ2) is 7.38. The summed E-state index contributed by atoms with van der Waals surface area (Å²) < 4.78 is 0.947. The van der Waals surface area contributed by atoms with Crippen molar-refractivity contribution in [3.05, 3.63) is 23.2 Å². The van der Waals surface area contributed by atoms with Crippen molar-refractivity contribution >= 4 is 33.1 Å². The molecule has 2 rings (SSSR count). The topological polar surface area (TPSA) is 71.2 Å². The fraction of sp³-hybridized carbons (Fsp3) is 0.467. The average Bonchev–Trinajstić information content (AvgIpc) is 2.85. The molecule has 0 aliphatic heterocycles. The number of hydrogen-bond donors (Lipinski definition) is 2. The van der Waals surface area contributed by atoms with Crippen molar-refractivity contribution in [2.45, 2.75) is 20.3 Å². The van der Waals surface area contributed by atoms with Crippen LogP contribution in [0.2, 0.25) is 0 Å². The first-order valence-corrected chi connectivity index (χ1v) is 8.12. The number of carbonyl (C=O) groups is 1. The molecule has 0 aromatic carbocycles. The van der Waals surface area contributed by atoms with E-state index in [2.05, 4.69) is 29.0 Å². The number of carbonyl (C=O) groups excluding carboxylic acids is 1. The number of nitrogens with two attached hydrogens (primary N) is 1. The summed E-state index contributed by atoms with van der Waals surface area (Å²) in [5.41, 5.74) is 7.22. The molecule has 5 nitrogen and oxygen atoms in total. The molecule has 2 heterocycles. The van der Waals surface area contributed by atoms with Gasteiger partial charge in [-0.15, -0.1) is 11.3 Å². The summed E-state index contributed by atoms with van der Waals surface area (Å²) in [4.78, 5) is 19.3. The summed E-state index contributed by atoms with van der Waals surface area (Å²) in [5, 5.41) is 2.94. The molecule has 2 aromatic heterocycles. The Morgan fingerprint density at radius 2 is 2.19 bits per heavy atom. The zero-order valence-electron chi connectivity index (χ0n) is 12.6. The van der Waals surface area contributed by atoms with Gasteiger partial charge in [0.25, 0.3) is 5.91 Å². The number of aromatic nitrogens is 1. The molecule has 3 N–H and O–H groups in total. The molecule has 0 bridgehead atoms. The lowest BCUT2D eigenvalue weighted by Crippen LogP contribution is -2.29. The number of rotatable bonds is 7. The molecule has 2 aromatic rings. The van der Waals surface area contributed by atoms with Crippen LogP contribution in [0, 0.1) is 0 Å². The van der Waals surface area contributed by atoms with Crippen LogP contribution in [0.5, 0.6) is 0 Å². The molecule has 0 saturated carbocycles. The Balaban J connectivity index is 1.92. The third-order valence-electron chi connectivity index (χ3n) is 3.52. The Morgan fingerprint density at radius 3 is 2.86 bits per heavy atom. The highest BCUT2D eigenvalue weighted by Crippen LogP contribution is 2.31. The first-order chi connectivity index (χ1) is 10.2. The van der Waals surface area contributed by atoms with Gasteiger partial charge in [0.05, 0.1) is 10.4 Å². The minimum atomic E-state index is -0.102. The number of hydrogen-bond acceptors (Lipinski definition) is 5. The number of anilines is 1. The van der Waals surface area contributed by atoms with Gasteiger partial charge in [0.2, 0.25) is 0 Å². The van der Waals surface area contributed by atoms with Gasteiger partial charge < -0.3 is 16.0 Å². The van der Waals surface area contributed by atoms with Crippen molar-refractivity contribution in [3.63, 3.8) is 0 Å². The molecule has 1 amide bonds. The fourth-order valence-corrected chi connectivity index (χ4v) is 3.24. The van der Waals surface area contributed by atoms with Crippen molar-refractivity contribution < 1.29 is 4.79 Å². The van der Waals surface area contributed by atoms with Crippen LogP contribution >= 0.6 is 11.3 Å². The van der Waals surface area contributed by atoms with Crippen molar-refractivity contribution in [2.75, 3.05) is 31.9 Å². The van der Waals surface area contributed by atoms with Gasteiger partial charge in [0, 0.05) is 12.7 Å². The van der Waals surface area contributed by atoms with E-state index in [1.807, 2.05) is 12.1 Å². The molecule has 114 valence electrons. The van der Waals surface area contributed by atoms with E-state index in [4.69, 9.17) is 5.73 Å². The standard InChI is InChI=1S/C15H22N4OS/c1-3-19(4-2)10-6-9-18-15(20)14-12(16)13-11(21-14)7-5-8-17-13/h5,7-8H,3-4,6,9-10,16H2,1-2H3,(H,18,20). The van der Waals surface area contributed by atoms with Crippen LogP contribution in [0.1, 0.15) is 29.9 Å². The van der Waals surface area contributed by atoms with E-state index in [-0.39, 0.29) is 5.91 Å². The SMILES string of the molecule is CCN(CC)CCCNC(=O)c1sc2cccnc2c1N. The lowest BCUT2D eigenvalue weighted by molar-refractivity contribution is 0.0956. The second-order valence-corrected chi connectivity index (χ2v) is 5.88. The molecule has 0 radical (unpaired) electrons. The van der Waals surface area contributed by atoms with E-state index < -0.39 is 0 Å². The third kappa shape index (κ3) is 3.71. The molecule has 0 aliphatic rings. The van der Waals surface area contributed by atoms with Crippen LogP contribution in [-0.2, 0) is 0 Å². The summed E-state index contributed by atoms with van der Waals surface area (Å²) in [6.45, 7) is 8.03. The molecule has 0 unspecified atom stereocenters. The van der Waals surface area contributed by atoms with E-state index >= 15 is 0 Å². The van der Waals surface area contributed by atoms with Gasteiger partial charge in [-0.25, -0.2) is 0 Å².